The number of rotatable bonds is 8. The van der Waals surface area contributed by atoms with Gasteiger partial charge in [0.05, 0.1) is 6.42 Å². The van der Waals surface area contributed by atoms with Crippen molar-refractivity contribution in [3.63, 3.8) is 0 Å². The van der Waals surface area contributed by atoms with Gasteiger partial charge in [-0.2, -0.15) is 0 Å². The lowest BCUT2D eigenvalue weighted by Gasteiger charge is -2.31. The zero-order valence-corrected chi connectivity index (χ0v) is 17.2. The van der Waals surface area contributed by atoms with Crippen LogP contribution in [0.3, 0.4) is 0 Å². The van der Waals surface area contributed by atoms with E-state index in [1.54, 1.807) is 6.07 Å². The summed E-state index contributed by atoms with van der Waals surface area (Å²) in [5, 5.41) is 2.99. The molecule has 1 N–H and O–H groups in total. The number of likely N-dealkylation sites (N-methyl/N-ethyl adjacent to an activating group) is 1. The summed E-state index contributed by atoms with van der Waals surface area (Å²) in [6, 6.07) is 11.5. The molecule has 0 aliphatic carbocycles. The Morgan fingerprint density at radius 2 is 1.89 bits per heavy atom. The van der Waals surface area contributed by atoms with Crippen LogP contribution < -0.4 is 5.32 Å². The zero-order chi connectivity index (χ0) is 20.7. The average Bonchev–Trinajstić information content (AvgIpc) is 2.65. The number of hydrogen-bond acceptors (Lipinski definition) is 2. The Morgan fingerprint density at radius 3 is 2.50 bits per heavy atom. The van der Waals surface area contributed by atoms with Crippen LogP contribution in [0.1, 0.15) is 37.0 Å². The van der Waals surface area contributed by atoms with E-state index in [1.807, 2.05) is 45.0 Å². The van der Waals surface area contributed by atoms with E-state index >= 15 is 0 Å². The molecule has 6 heteroatoms. The zero-order valence-electron chi connectivity index (χ0n) is 16.5. The summed E-state index contributed by atoms with van der Waals surface area (Å²) in [4.78, 5) is 27.2. The van der Waals surface area contributed by atoms with E-state index in [1.165, 1.54) is 17.0 Å². The molecule has 0 saturated carbocycles. The molecule has 4 nitrogen and oxygen atoms in total. The maximum absolute atomic E-state index is 14.2. The number of amides is 2. The number of hydrogen-bond donors (Lipinski definition) is 1. The molecule has 1 unspecified atom stereocenters. The van der Waals surface area contributed by atoms with Crippen molar-refractivity contribution in [2.45, 2.75) is 46.2 Å². The molecule has 2 amide bonds. The predicted molar refractivity (Wildman–Crippen MR) is 110 cm³/mol. The molecule has 0 spiro atoms. The monoisotopic (exact) mass is 404 g/mol. The molecule has 0 bridgehead atoms. The topological polar surface area (TPSA) is 49.4 Å². The molecule has 0 aromatic heterocycles. The standard InChI is InChI=1S/C22H26ClFN2O2/c1-4-20(22(28)25-5-2)26(14-16-9-6-8-15(3)12-16)21(27)13-17-18(23)10-7-11-19(17)24/h6-12,20H,4-5,13-14H2,1-3H3,(H,25,28). The maximum atomic E-state index is 14.2. The molecule has 28 heavy (non-hydrogen) atoms. The normalized spacial score (nSPS) is 11.8. The summed E-state index contributed by atoms with van der Waals surface area (Å²) in [5.41, 5.74) is 2.12. The third-order valence-corrected chi connectivity index (χ3v) is 4.92. The molecular weight excluding hydrogens is 379 g/mol. The Balaban J connectivity index is 2.35. The fraction of sp³-hybridized carbons (Fsp3) is 0.364. The summed E-state index contributed by atoms with van der Waals surface area (Å²) in [6.07, 6.45) is 0.252. The van der Waals surface area contributed by atoms with Crippen LogP contribution in [-0.4, -0.2) is 29.3 Å². The SMILES string of the molecule is CCNC(=O)C(CC)N(Cc1cccc(C)c1)C(=O)Cc1c(F)cccc1Cl. The van der Waals surface area contributed by atoms with Crippen LogP contribution in [0.15, 0.2) is 42.5 Å². The molecule has 0 radical (unpaired) electrons. The highest BCUT2D eigenvalue weighted by Crippen LogP contribution is 2.22. The van der Waals surface area contributed by atoms with Crippen LogP contribution >= 0.6 is 11.6 Å². The minimum atomic E-state index is -0.640. The van der Waals surface area contributed by atoms with Crippen molar-refractivity contribution >= 4 is 23.4 Å². The van der Waals surface area contributed by atoms with Gasteiger partial charge in [0, 0.05) is 23.7 Å². The minimum Gasteiger partial charge on any atom is -0.355 e. The Morgan fingerprint density at radius 1 is 1.18 bits per heavy atom. The van der Waals surface area contributed by atoms with Crippen LogP contribution in [0, 0.1) is 12.7 Å². The van der Waals surface area contributed by atoms with Gasteiger partial charge in [0.2, 0.25) is 11.8 Å². The maximum Gasteiger partial charge on any atom is 0.242 e. The van der Waals surface area contributed by atoms with Gasteiger partial charge in [-0.15, -0.1) is 0 Å². The Labute approximate surface area is 170 Å². The summed E-state index contributed by atoms with van der Waals surface area (Å²) in [7, 11) is 0. The largest absolute Gasteiger partial charge is 0.355 e. The van der Waals surface area contributed by atoms with Crippen LogP contribution in [0.2, 0.25) is 5.02 Å². The van der Waals surface area contributed by atoms with Crippen molar-refractivity contribution < 1.29 is 14.0 Å². The molecule has 2 rings (SSSR count). The van der Waals surface area contributed by atoms with Crippen LogP contribution in [0.4, 0.5) is 4.39 Å². The van der Waals surface area contributed by atoms with Gasteiger partial charge in [-0.3, -0.25) is 9.59 Å². The molecule has 1 atom stereocenters. The molecule has 0 heterocycles. The molecule has 2 aromatic carbocycles. The van der Waals surface area contributed by atoms with E-state index in [0.29, 0.717) is 13.0 Å². The first-order valence-electron chi connectivity index (χ1n) is 9.42. The Hall–Kier alpha value is -2.40. The number of carbonyl (C=O) groups is 2. The summed E-state index contributed by atoms with van der Waals surface area (Å²) < 4.78 is 14.2. The summed E-state index contributed by atoms with van der Waals surface area (Å²) >= 11 is 6.09. The second-order valence-electron chi connectivity index (χ2n) is 6.71. The first kappa shape index (κ1) is 21.9. The number of nitrogens with one attached hydrogen (secondary N) is 1. The number of nitrogens with zero attached hydrogens (tertiary/aromatic N) is 1. The molecule has 0 fully saturated rings. The minimum absolute atomic E-state index is 0.147. The Bertz CT molecular complexity index is 821. The van der Waals surface area contributed by atoms with E-state index < -0.39 is 11.9 Å². The third-order valence-electron chi connectivity index (χ3n) is 4.56. The van der Waals surface area contributed by atoms with Gasteiger partial charge in [0.25, 0.3) is 0 Å². The molecular formula is C22H26ClFN2O2. The van der Waals surface area contributed by atoms with Crippen molar-refractivity contribution in [2.75, 3.05) is 6.54 Å². The van der Waals surface area contributed by atoms with Gasteiger partial charge in [0.1, 0.15) is 11.9 Å². The Kier molecular flexibility index (Phi) is 8.00. The van der Waals surface area contributed by atoms with Gasteiger partial charge in [-0.1, -0.05) is 54.4 Å². The highest BCUT2D eigenvalue weighted by atomic mass is 35.5. The lowest BCUT2D eigenvalue weighted by molar-refractivity contribution is -0.140. The molecule has 150 valence electrons. The van der Waals surface area contributed by atoms with Crippen molar-refractivity contribution in [1.82, 2.24) is 10.2 Å². The number of carbonyl (C=O) groups excluding carboxylic acids is 2. The van der Waals surface area contributed by atoms with Gasteiger partial charge in [-0.25, -0.2) is 4.39 Å². The van der Waals surface area contributed by atoms with Crippen molar-refractivity contribution in [2.24, 2.45) is 0 Å². The number of halogens is 2. The van der Waals surface area contributed by atoms with Gasteiger partial charge >= 0.3 is 0 Å². The summed E-state index contributed by atoms with van der Waals surface area (Å²) in [5.74, 6) is -1.08. The average molecular weight is 405 g/mol. The first-order valence-corrected chi connectivity index (χ1v) is 9.80. The first-order chi connectivity index (χ1) is 13.4. The highest BCUT2D eigenvalue weighted by molar-refractivity contribution is 6.31. The summed E-state index contributed by atoms with van der Waals surface area (Å²) in [6.45, 7) is 6.39. The fourth-order valence-electron chi connectivity index (χ4n) is 3.17. The van der Waals surface area contributed by atoms with Crippen LogP contribution in [-0.2, 0) is 22.6 Å². The second kappa shape index (κ2) is 10.2. The molecule has 0 aliphatic heterocycles. The fourth-order valence-corrected chi connectivity index (χ4v) is 3.40. The van der Waals surface area contributed by atoms with E-state index in [0.717, 1.165) is 11.1 Å². The van der Waals surface area contributed by atoms with Crippen molar-refractivity contribution in [3.8, 4) is 0 Å². The molecule has 2 aromatic rings. The van der Waals surface area contributed by atoms with E-state index in [-0.39, 0.29) is 35.4 Å². The van der Waals surface area contributed by atoms with Crippen molar-refractivity contribution in [3.05, 3.63) is 70.0 Å². The predicted octanol–water partition coefficient (Wildman–Crippen LogP) is 4.27. The van der Waals surface area contributed by atoms with Gasteiger partial charge in [-0.05, 0) is 38.0 Å². The quantitative estimate of drug-likeness (QED) is 0.714. The van der Waals surface area contributed by atoms with Gasteiger partial charge < -0.3 is 10.2 Å². The number of aryl methyl sites for hydroxylation is 1. The lowest BCUT2D eigenvalue weighted by Crippen LogP contribution is -2.49. The molecule has 0 aliphatic rings. The lowest BCUT2D eigenvalue weighted by atomic mass is 10.1. The van der Waals surface area contributed by atoms with E-state index in [4.69, 9.17) is 11.6 Å². The highest BCUT2D eigenvalue weighted by Gasteiger charge is 2.29. The van der Waals surface area contributed by atoms with Crippen LogP contribution in [0.5, 0.6) is 0 Å². The van der Waals surface area contributed by atoms with Gasteiger partial charge in [0.15, 0.2) is 0 Å². The van der Waals surface area contributed by atoms with E-state index in [2.05, 4.69) is 5.32 Å². The third kappa shape index (κ3) is 5.55. The number of benzene rings is 2. The van der Waals surface area contributed by atoms with E-state index in [9.17, 15) is 14.0 Å². The molecule has 0 saturated heterocycles. The second-order valence-corrected chi connectivity index (χ2v) is 7.11. The van der Waals surface area contributed by atoms with Crippen molar-refractivity contribution in [1.29, 1.82) is 0 Å². The smallest absolute Gasteiger partial charge is 0.242 e. The van der Waals surface area contributed by atoms with Crippen LogP contribution in [0.25, 0.3) is 0 Å².